The molecule has 0 fully saturated rings. The molecule has 3 rings (SSSR count). The number of sulfonamides is 1. The second-order valence-electron chi connectivity index (χ2n) is 9.76. The van der Waals surface area contributed by atoms with Crippen molar-refractivity contribution in [2.75, 3.05) is 45.8 Å². The molecule has 2 amide bonds. The van der Waals surface area contributed by atoms with Gasteiger partial charge in [-0.1, -0.05) is 36.2 Å². The molecule has 11 nitrogen and oxygen atoms in total. The van der Waals surface area contributed by atoms with Crippen LogP contribution in [0.4, 0.5) is 5.69 Å². The molecule has 0 aliphatic rings. The number of carbonyl (C=O) groups excluding carboxylic acids is 2. The van der Waals surface area contributed by atoms with Crippen LogP contribution in [0.1, 0.15) is 25.8 Å². The molecule has 14 heteroatoms. The Bertz CT molecular complexity index is 1600. The highest BCUT2D eigenvalue weighted by molar-refractivity contribution is 7.92. The highest BCUT2D eigenvalue weighted by Crippen LogP contribution is 2.38. The zero-order valence-corrected chi connectivity index (χ0v) is 28.3. The number of nitrogens with zero attached hydrogens (tertiary/aromatic N) is 2. The van der Waals surface area contributed by atoms with Gasteiger partial charge in [0.2, 0.25) is 11.8 Å². The van der Waals surface area contributed by atoms with Crippen LogP contribution in [0.3, 0.4) is 0 Å². The summed E-state index contributed by atoms with van der Waals surface area (Å²) in [5.41, 5.74) is 0.427. The average Bonchev–Trinajstić information content (AvgIpc) is 3.04. The molecule has 1 N–H and O–H groups in total. The summed E-state index contributed by atoms with van der Waals surface area (Å²) in [4.78, 5) is 28.4. The van der Waals surface area contributed by atoms with E-state index in [-0.39, 0.29) is 38.7 Å². The lowest BCUT2D eigenvalue weighted by Gasteiger charge is -2.32. The SMILES string of the molecule is CCCNC(=O)[C@H](C)N(Cc1c(Cl)cccc1Cl)C(=O)CN(c1cc(OC)ccc1OC)S(=O)(=O)c1ccc(OC)c(OC)c1. The summed E-state index contributed by atoms with van der Waals surface area (Å²) in [7, 11) is 1.12. The predicted molar refractivity (Wildman–Crippen MR) is 173 cm³/mol. The molecule has 0 aliphatic heterocycles. The fraction of sp³-hybridized carbons (Fsp3) is 0.355. The third-order valence-electron chi connectivity index (χ3n) is 6.98. The Morgan fingerprint density at radius 2 is 1.49 bits per heavy atom. The number of ether oxygens (including phenoxy) is 4. The standard InChI is InChI=1S/C31H37Cl2N3O8S/c1-7-15-34-31(38)20(2)35(18-23-24(32)9-8-10-25(23)33)30(37)19-36(26-16-21(41-3)11-13-27(26)42-4)45(39,40)22-12-14-28(43-5)29(17-22)44-6/h8-14,16-17,20H,7,15,18-19H2,1-6H3,(H,34,38)/t20-/m0/s1. The van der Waals surface area contributed by atoms with Crippen molar-refractivity contribution in [1.82, 2.24) is 10.2 Å². The highest BCUT2D eigenvalue weighted by atomic mass is 35.5. The van der Waals surface area contributed by atoms with Crippen LogP contribution < -0.4 is 28.6 Å². The van der Waals surface area contributed by atoms with Crippen molar-refractivity contribution in [3.63, 3.8) is 0 Å². The molecule has 45 heavy (non-hydrogen) atoms. The average molecular weight is 683 g/mol. The van der Waals surface area contributed by atoms with E-state index in [4.69, 9.17) is 42.1 Å². The van der Waals surface area contributed by atoms with Crippen LogP contribution in [-0.2, 0) is 26.2 Å². The number of hydrogen-bond acceptors (Lipinski definition) is 8. The van der Waals surface area contributed by atoms with Gasteiger partial charge in [0, 0.05) is 40.8 Å². The zero-order chi connectivity index (χ0) is 33.3. The molecule has 0 unspecified atom stereocenters. The Balaban J connectivity index is 2.20. The van der Waals surface area contributed by atoms with E-state index in [0.29, 0.717) is 30.0 Å². The minimum atomic E-state index is -4.49. The Morgan fingerprint density at radius 3 is 2.07 bits per heavy atom. The van der Waals surface area contributed by atoms with Crippen molar-refractivity contribution in [1.29, 1.82) is 0 Å². The molecule has 0 saturated carbocycles. The summed E-state index contributed by atoms with van der Waals surface area (Å²) in [6.07, 6.45) is 0.676. The van der Waals surface area contributed by atoms with E-state index in [9.17, 15) is 18.0 Å². The minimum Gasteiger partial charge on any atom is -0.497 e. The first kappa shape index (κ1) is 35.6. The second-order valence-corrected chi connectivity index (χ2v) is 12.4. The number of halogens is 2. The maximum atomic E-state index is 14.4. The van der Waals surface area contributed by atoms with E-state index >= 15 is 0 Å². The summed E-state index contributed by atoms with van der Waals surface area (Å²) in [5.74, 6) is -0.188. The van der Waals surface area contributed by atoms with Crippen LogP contribution in [0, 0.1) is 0 Å². The molecule has 0 aromatic heterocycles. The lowest BCUT2D eigenvalue weighted by Crippen LogP contribution is -2.51. The van der Waals surface area contributed by atoms with Crippen molar-refractivity contribution < 1.29 is 37.0 Å². The minimum absolute atomic E-state index is 0.0267. The fourth-order valence-corrected chi connectivity index (χ4v) is 6.39. The van der Waals surface area contributed by atoms with Crippen LogP contribution in [0.25, 0.3) is 0 Å². The van der Waals surface area contributed by atoms with Crippen LogP contribution in [0.15, 0.2) is 59.5 Å². The van der Waals surface area contributed by atoms with Gasteiger partial charge in [0.05, 0.1) is 39.0 Å². The molecule has 0 aliphatic carbocycles. The molecule has 0 heterocycles. The molecule has 0 saturated heterocycles. The number of nitrogens with one attached hydrogen (secondary N) is 1. The van der Waals surface area contributed by atoms with Gasteiger partial charge in [0.25, 0.3) is 10.0 Å². The van der Waals surface area contributed by atoms with Crippen LogP contribution in [0.2, 0.25) is 10.0 Å². The summed E-state index contributed by atoms with van der Waals surface area (Å²) in [5, 5.41) is 3.35. The van der Waals surface area contributed by atoms with Gasteiger partial charge < -0.3 is 29.2 Å². The topological polar surface area (TPSA) is 124 Å². The van der Waals surface area contributed by atoms with Gasteiger partial charge in [-0.05, 0) is 49.7 Å². The maximum absolute atomic E-state index is 14.4. The molecule has 0 spiro atoms. The van der Waals surface area contributed by atoms with Crippen LogP contribution in [0.5, 0.6) is 23.0 Å². The third kappa shape index (κ3) is 8.24. The number of methoxy groups -OCH3 is 4. The predicted octanol–water partition coefficient (Wildman–Crippen LogP) is 5.17. The van der Waals surface area contributed by atoms with Gasteiger partial charge in [-0.25, -0.2) is 8.42 Å². The van der Waals surface area contributed by atoms with Crippen molar-refractivity contribution in [3.05, 3.63) is 70.2 Å². The monoisotopic (exact) mass is 681 g/mol. The molecule has 244 valence electrons. The van der Waals surface area contributed by atoms with E-state index in [0.717, 1.165) is 4.31 Å². The number of rotatable bonds is 15. The smallest absolute Gasteiger partial charge is 0.265 e. The summed E-state index contributed by atoms with van der Waals surface area (Å²) < 4.78 is 51.1. The molecular formula is C31H37Cl2N3O8S. The van der Waals surface area contributed by atoms with Gasteiger partial charge in [-0.15, -0.1) is 0 Å². The van der Waals surface area contributed by atoms with E-state index in [1.54, 1.807) is 31.2 Å². The normalized spacial score (nSPS) is 11.7. The van der Waals surface area contributed by atoms with Gasteiger partial charge in [0.1, 0.15) is 24.1 Å². The maximum Gasteiger partial charge on any atom is 0.265 e. The number of benzene rings is 3. The van der Waals surface area contributed by atoms with Crippen molar-refractivity contribution in [2.24, 2.45) is 0 Å². The number of carbonyl (C=O) groups is 2. The van der Waals surface area contributed by atoms with Crippen molar-refractivity contribution in [3.8, 4) is 23.0 Å². The largest absolute Gasteiger partial charge is 0.497 e. The van der Waals surface area contributed by atoms with Crippen molar-refractivity contribution >= 4 is 50.7 Å². The number of amides is 2. The van der Waals surface area contributed by atoms with Crippen LogP contribution >= 0.6 is 23.2 Å². The van der Waals surface area contributed by atoms with Crippen LogP contribution in [-0.4, -0.2) is 72.7 Å². The molecule has 0 bridgehead atoms. The quantitative estimate of drug-likeness (QED) is 0.233. The first-order chi connectivity index (χ1) is 21.4. The van der Waals surface area contributed by atoms with Gasteiger partial charge in [-0.2, -0.15) is 0 Å². The van der Waals surface area contributed by atoms with E-state index in [1.807, 2.05) is 6.92 Å². The number of hydrogen-bond donors (Lipinski definition) is 1. The molecule has 0 radical (unpaired) electrons. The van der Waals surface area contributed by atoms with Crippen molar-refractivity contribution in [2.45, 2.75) is 37.8 Å². The van der Waals surface area contributed by atoms with E-state index < -0.39 is 34.4 Å². The number of anilines is 1. The summed E-state index contributed by atoms with van der Waals surface area (Å²) in [6.45, 7) is 2.94. The molecule has 3 aromatic carbocycles. The summed E-state index contributed by atoms with van der Waals surface area (Å²) >= 11 is 12.9. The Labute approximate surface area is 274 Å². The Hall–Kier alpha value is -3.87. The van der Waals surface area contributed by atoms with Gasteiger partial charge >= 0.3 is 0 Å². The molecular weight excluding hydrogens is 645 g/mol. The van der Waals surface area contributed by atoms with E-state index in [1.165, 1.54) is 63.7 Å². The fourth-order valence-electron chi connectivity index (χ4n) is 4.44. The first-order valence-electron chi connectivity index (χ1n) is 13.9. The Kier molecular flexibility index (Phi) is 12.6. The molecule has 1 atom stereocenters. The lowest BCUT2D eigenvalue weighted by atomic mass is 10.1. The zero-order valence-electron chi connectivity index (χ0n) is 25.9. The highest BCUT2D eigenvalue weighted by Gasteiger charge is 2.35. The molecule has 3 aromatic rings. The third-order valence-corrected chi connectivity index (χ3v) is 9.45. The summed E-state index contributed by atoms with van der Waals surface area (Å²) in [6, 6.07) is 12.5. The first-order valence-corrected chi connectivity index (χ1v) is 16.1. The van der Waals surface area contributed by atoms with Gasteiger partial charge in [-0.3, -0.25) is 13.9 Å². The lowest BCUT2D eigenvalue weighted by molar-refractivity contribution is -0.139. The second kappa shape index (κ2) is 15.9. The Morgan fingerprint density at radius 1 is 0.867 bits per heavy atom. The van der Waals surface area contributed by atoms with E-state index in [2.05, 4.69) is 5.32 Å². The van der Waals surface area contributed by atoms with Gasteiger partial charge in [0.15, 0.2) is 11.5 Å².